The Morgan fingerprint density at radius 3 is 2.71 bits per heavy atom. The monoisotopic (exact) mass is 278 g/mol. The van der Waals surface area contributed by atoms with E-state index in [1.807, 2.05) is 0 Å². The van der Waals surface area contributed by atoms with Crippen molar-refractivity contribution in [2.45, 2.75) is 52.4 Å². The SMILES string of the molecule is Cc1ccc2c3c(cc(C)c2c1)C1CCC(=O)C1(C)CC3. The van der Waals surface area contributed by atoms with Gasteiger partial charge < -0.3 is 0 Å². The van der Waals surface area contributed by atoms with Gasteiger partial charge in [0, 0.05) is 11.8 Å². The molecule has 0 radical (unpaired) electrons. The van der Waals surface area contributed by atoms with E-state index in [0.29, 0.717) is 11.7 Å². The number of carbonyl (C=O) groups excluding carboxylic acids is 1. The third-order valence-electron chi connectivity index (χ3n) is 5.98. The van der Waals surface area contributed by atoms with Crippen molar-refractivity contribution in [1.29, 1.82) is 0 Å². The van der Waals surface area contributed by atoms with Crippen molar-refractivity contribution in [2.24, 2.45) is 5.41 Å². The molecule has 4 rings (SSSR count). The highest BCUT2D eigenvalue weighted by atomic mass is 16.1. The van der Waals surface area contributed by atoms with E-state index in [9.17, 15) is 4.79 Å². The Kier molecular flexibility index (Phi) is 2.61. The fourth-order valence-electron chi connectivity index (χ4n) is 4.66. The Morgan fingerprint density at radius 1 is 1.10 bits per heavy atom. The largest absolute Gasteiger partial charge is 0.299 e. The van der Waals surface area contributed by atoms with Crippen LogP contribution in [0.3, 0.4) is 0 Å². The van der Waals surface area contributed by atoms with Gasteiger partial charge in [-0.15, -0.1) is 0 Å². The van der Waals surface area contributed by atoms with Crippen molar-refractivity contribution >= 4 is 16.6 Å². The van der Waals surface area contributed by atoms with Crippen LogP contribution in [0.5, 0.6) is 0 Å². The van der Waals surface area contributed by atoms with Crippen molar-refractivity contribution in [3.63, 3.8) is 0 Å². The summed E-state index contributed by atoms with van der Waals surface area (Å²) in [7, 11) is 0. The molecule has 2 aliphatic carbocycles. The summed E-state index contributed by atoms with van der Waals surface area (Å²) in [5.41, 5.74) is 5.55. The fourth-order valence-corrected chi connectivity index (χ4v) is 4.66. The third kappa shape index (κ3) is 1.67. The van der Waals surface area contributed by atoms with Gasteiger partial charge in [0.05, 0.1) is 0 Å². The van der Waals surface area contributed by atoms with Crippen LogP contribution in [-0.4, -0.2) is 5.78 Å². The summed E-state index contributed by atoms with van der Waals surface area (Å²) in [5, 5.41) is 2.80. The molecule has 0 saturated heterocycles. The van der Waals surface area contributed by atoms with E-state index in [-0.39, 0.29) is 5.41 Å². The number of Topliss-reactive ketones (excluding diaryl/α,β-unsaturated/α-hetero) is 1. The molecule has 0 amide bonds. The Morgan fingerprint density at radius 2 is 1.90 bits per heavy atom. The molecular formula is C20H22O. The highest BCUT2D eigenvalue weighted by Crippen LogP contribution is 2.54. The first-order valence-electron chi connectivity index (χ1n) is 8.07. The maximum absolute atomic E-state index is 12.3. The van der Waals surface area contributed by atoms with Crippen LogP contribution in [0.25, 0.3) is 10.8 Å². The van der Waals surface area contributed by atoms with Gasteiger partial charge in [-0.25, -0.2) is 0 Å². The molecular weight excluding hydrogens is 256 g/mol. The minimum absolute atomic E-state index is 0.0994. The summed E-state index contributed by atoms with van der Waals surface area (Å²) in [6.45, 7) is 6.57. The number of carbonyl (C=O) groups is 1. The number of ketones is 1. The summed E-state index contributed by atoms with van der Waals surface area (Å²) in [4.78, 5) is 12.3. The van der Waals surface area contributed by atoms with Gasteiger partial charge in [0.25, 0.3) is 0 Å². The first kappa shape index (κ1) is 13.1. The molecule has 2 atom stereocenters. The molecule has 2 aliphatic rings. The topological polar surface area (TPSA) is 17.1 Å². The van der Waals surface area contributed by atoms with Crippen LogP contribution in [0.4, 0.5) is 0 Å². The average Bonchev–Trinajstić information content (AvgIpc) is 2.76. The molecule has 0 aliphatic heterocycles. The fraction of sp³-hybridized carbons (Fsp3) is 0.450. The minimum Gasteiger partial charge on any atom is -0.299 e. The average molecular weight is 278 g/mol. The standard InChI is InChI=1S/C20H22O/c1-12-4-5-14-15-8-9-20(3)18(6-7-19(20)21)17(15)11-13(2)16(14)10-12/h4-5,10-11,18H,6-9H2,1-3H3. The number of hydrogen-bond acceptors (Lipinski definition) is 1. The molecule has 1 fully saturated rings. The van der Waals surface area contributed by atoms with Crippen molar-refractivity contribution in [2.75, 3.05) is 0 Å². The lowest BCUT2D eigenvalue weighted by Crippen LogP contribution is -2.32. The van der Waals surface area contributed by atoms with E-state index >= 15 is 0 Å². The van der Waals surface area contributed by atoms with E-state index in [1.165, 1.54) is 33.0 Å². The van der Waals surface area contributed by atoms with Crippen molar-refractivity contribution < 1.29 is 4.79 Å². The van der Waals surface area contributed by atoms with E-state index < -0.39 is 0 Å². The zero-order valence-electron chi connectivity index (χ0n) is 13.1. The van der Waals surface area contributed by atoms with E-state index in [0.717, 1.165) is 25.7 Å². The number of fused-ring (bicyclic) bond motifs is 5. The Balaban J connectivity index is 2.00. The second kappa shape index (κ2) is 4.19. The van der Waals surface area contributed by atoms with Crippen LogP contribution in [0, 0.1) is 19.3 Å². The van der Waals surface area contributed by atoms with E-state index in [4.69, 9.17) is 0 Å². The van der Waals surface area contributed by atoms with Gasteiger partial charge in [-0.05, 0) is 66.5 Å². The first-order valence-corrected chi connectivity index (χ1v) is 8.07. The van der Waals surface area contributed by atoms with Gasteiger partial charge >= 0.3 is 0 Å². The smallest absolute Gasteiger partial charge is 0.139 e. The van der Waals surface area contributed by atoms with Gasteiger partial charge in [0.15, 0.2) is 0 Å². The zero-order chi connectivity index (χ0) is 14.8. The molecule has 2 unspecified atom stereocenters. The molecule has 0 N–H and O–H groups in total. The van der Waals surface area contributed by atoms with Crippen LogP contribution in [0.2, 0.25) is 0 Å². The number of aryl methyl sites for hydroxylation is 3. The van der Waals surface area contributed by atoms with Gasteiger partial charge in [-0.3, -0.25) is 4.79 Å². The summed E-state index contributed by atoms with van der Waals surface area (Å²) < 4.78 is 0. The Labute approximate surface area is 126 Å². The second-order valence-electron chi connectivity index (χ2n) is 7.24. The molecule has 2 aromatic rings. The van der Waals surface area contributed by atoms with Crippen molar-refractivity contribution in [1.82, 2.24) is 0 Å². The summed E-state index contributed by atoms with van der Waals surface area (Å²) in [6, 6.07) is 9.18. The lowest BCUT2D eigenvalue weighted by molar-refractivity contribution is -0.126. The zero-order valence-corrected chi connectivity index (χ0v) is 13.1. The quantitative estimate of drug-likeness (QED) is 0.673. The number of hydrogen-bond donors (Lipinski definition) is 0. The van der Waals surface area contributed by atoms with Crippen LogP contribution in [0.15, 0.2) is 24.3 Å². The van der Waals surface area contributed by atoms with Crippen LogP contribution >= 0.6 is 0 Å². The summed E-state index contributed by atoms with van der Waals surface area (Å²) in [6.07, 6.45) is 3.88. The normalized spacial score (nSPS) is 27.8. The van der Waals surface area contributed by atoms with Gasteiger partial charge in [0.1, 0.15) is 5.78 Å². The van der Waals surface area contributed by atoms with Crippen LogP contribution in [0.1, 0.15) is 54.4 Å². The number of benzene rings is 2. The predicted octanol–water partition coefficient (Wildman–Crippen LogP) is 4.86. The van der Waals surface area contributed by atoms with Crippen molar-refractivity contribution in [3.8, 4) is 0 Å². The molecule has 2 aromatic carbocycles. The third-order valence-corrected chi connectivity index (χ3v) is 5.98. The minimum atomic E-state index is -0.0994. The predicted molar refractivity (Wildman–Crippen MR) is 86.8 cm³/mol. The molecule has 0 spiro atoms. The molecule has 21 heavy (non-hydrogen) atoms. The highest BCUT2D eigenvalue weighted by Gasteiger charge is 2.49. The summed E-state index contributed by atoms with van der Waals surface area (Å²) >= 11 is 0. The van der Waals surface area contributed by atoms with Gasteiger partial charge in [-0.1, -0.05) is 36.8 Å². The van der Waals surface area contributed by atoms with E-state index in [2.05, 4.69) is 45.0 Å². The molecule has 1 saturated carbocycles. The van der Waals surface area contributed by atoms with Crippen molar-refractivity contribution in [3.05, 3.63) is 46.5 Å². The molecule has 1 nitrogen and oxygen atoms in total. The molecule has 0 bridgehead atoms. The van der Waals surface area contributed by atoms with Gasteiger partial charge in [-0.2, -0.15) is 0 Å². The molecule has 0 aromatic heterocycles. The highest BCUT2D eigenvalue weighted by molar-refractivity contribution is 5.93. The van der Waals surface area contributed by atoms with Gasteiger partial charge in [0.2, 0.25) is 0 Å². The number of rotatable bonds is 0. The second-order valence-corrected chi connectivity index (χ2v) is 7.24. The lowest BCUT2D eigenvalue weighted by atomic mass is 9.65. The molecule has 1 heteroatoms. The van der Waals surface area contributed by atoms with E-state index in [1.54, 1.807) is 0 Å². The van der Waals surface area contributed by atoms with Crippen LogP contribution in [-0.2, 0) is 11.2 Å². The Hall–Kier alpha value is -1.63. The molecule has 0 heterocycles. The first-order chi connectivity index (χ1) is 10.0. The van der Waals surface area contributed by atoms with Crippen LogP contribution < -0.4 is 0 Å². The maximum atomic E-state index is 12.3. The maximum Gasteiger partial charge on any atom is 0.139 e. The Bertz CT molecular complexity index is 771. The summed E-state index contributed by atoms with van der Waals surface area (Å²) in [5.74, 6) is 0.929. The molecule has 108 valence electrons. The lowest BCUT2D eigenvalue weighted by Gasteiger charge is -2.37.